The minimum absolute atomic E-state index is 0.506. The molecule has 0 fully saturated rings. The number of carboxylic acid groups (broad SMARTS) is 1. The molecule has 0 saturated carbocycles. The minimum atomic E-state index is -1.06. The van der Waals surface area contributed by atoms with E-state index in [4.69, 9.17) is 4.74 Å². The number of carbonyl (C=O) groups is 1. The first kappa shape index (κ1) is 15.6. The number of para-hydroxylation sites is 1. The average molecular weight is 323 g/mol. The Kier molecular flexibility index (Phi) is 4.20. The fourth-order valence-electron chi connectivity index (χ4n) is 2.52. The Bertz CT molecular complexity index is 859. The van der Waals surface area contributed by atoms with Gasteiger partial charge in [0.15, 0.2) is 0 Å². The van der Waals surface area contributed by atoms with Gasteiger partial charge in [-0.3, -0.25) is 0 Å². The van der Waals surface area contributed by atoms with Crippen LogP contribution in [0, 0.1) is 6.92 Å². The zero-order valence-corrected chi connectivity index (χ0v) is 13.4. The second-order valence-electron chi connectivity index (χ2n) is 5.23. The summed E-state index contributed by atoms with van der Waals surface area (Å²) in [6.07, 6.45) is 2.51. The highest BCUT2D eigenvalue weighted by atomic mass is 16.5. The molecule has 1 amide bonds. The van der Waals surface area contributed by atoms with Crippen LogP contribution < -0.4 is 9.64 Å². The van der Waals surface area contributed by atoms with Crippen molar-refractivity contribution in [1.82, 2.24) is 9.55 Å². The van der Waals surface area contributed by atoms with Crippen LogP contribution in [0.1, 0.15) is 5.69 Å². The fourth-order valence-corrected chi connectivity index (χ4v) is 2.52. The number of aromatic nitrogens is 2. The van der Waals surface area contributed by atoms with Crippen molar-refractivity contribution < 1.29 is 14.6 Å². The molecule has 0 aliphatic heterocycles. The number of methoxy groups -OCH3 is 1. The molecule has 3 aromatic rings. The van der Waals surface area contributed by atoms with E-state index in [0.717, 1.165) is 11.4 Å². The molecule has 0 spiro atoms. The number of imidazole rings is 1. The molecule has 0 bridgehead atoms. The Morgan fingerprint density at radius 1 is 1.17 bits per heavy atom. The van der Waals surface area contributed by atoms with Crippen LogP contribution in [-0.4, -0.2) is 27.9 Å². The second kappa shape index (κ2) is 6.45. The quantitative estimate of drug-likeness (QED) is 0.788. The van der Waals surface area contributed by atoms with Gasteiger partial charge in [-0.1, -0.05) is 18.2 Å². The van der Waals surface area contributed by atoms with Crippen LogP contribution in [0.5, 0.6) is 5.75 Å². The Balaban J connectivity index is 2.06. The van der Waals surface area contributed by atoms with Crippen molar-refractivity contribution in [2.75, 3.05) is 12.0 Å². The van der Waals surface area contributed by atoms with Crippen molar-refractivity contribution in [1.29, 1.82) is 0 Å². The van der Waals surface area contributed by atoms with Crippen LogP contribution in [0.15, 0.2) is 61.1 Å². The molecule has 6 heteroatoms. The molecule has 2 aromatic carbocycles. The zero-order valence-electron chi connectivity index (χ0n) is 13.4. The van der Waals surface area contributed by atoms with E-state index in [9.17, 15) is 9.90 Å². The lowest BCUT2D eigenvalue weighted by atomic mass is 10.2. The van der Waals surface area contributed by atoms with Crippen molar-refractivity contribution >= 4 is 17.5 Å². The smallest absolute Gasteiger partial charge is 0.416 e. The number of ether oxygens (including phenoxy) is 1. The number of aryl methyl sites for hydroxylation is 1. The van der Waals surface area contributed by atoms with Gasteiger partial charge in [0.25, 0.3) is 0 Å². The van der Waals surface area contributed by atoms with Crippen molar-refractivity contribution in [3.05, 3.63) is 66.7 Å². The standard InChI is InChI=1S/C18H17N3O3/c1-13-11-20(12-19-13)16-9-8-15(10-17(16)24-2)21(18(22)23)14-6-4-3-5-7-14/h3-12H,1-2H3,(H,22,23). The summed E-state index contributed by atoms with van der Waals surface area (Å²) in [6, 6.07) is 14.2. The van der Waals surface area contributed by atoms with Crippen LogP contribution in [0.3, 0.4) is 0 Å². The van der Waals surface area contributed by atoms with Gasteiger partial charge in [0, 0.05) is 12.3 Å². The molecule has 0 saturated heterocycles. The van der Waals surface area contributed by atoms with Crippen molar-refractivity contribution in [3.8, 4) is 11.4 Å². The molecule has 122 valence electrons. The Hall–Kier alpha value is -3.28. The van der Waals surface area contributed by atoms with E-state index < -0.39 is 6.09 Å². The van der Waals surface area contributed by atoms with Gasteiger partial charge in [-0.25, -0.2) is 14.7 Å². The Morgan fingerprint density at radius 2 is 1.92 bits per heavy atom. The monoisotopic (exact) mass is 323 g/mol. The molecule has 0 aliphatic rings. The molecule has 1 N–H and O–H groups in total. The van der Waals surface area contributed by atoms with Gasteiger partial charge in [0.1, 0.15) is 5.75 Å². The maximum absolute atomic E-state index is 11.7. The van der Waals surface area contributed by atoms with Crippen molar-refractivity contribution in [3.63, 3.8) is 0 Å². The first-order valence-corrected chi connectivity index (χ1v) is 7.37. The number of rotatable bonds is 4. The normalized spacial score (nSPS) is 10.4. The van der Waals surface area contributed by atoms with Crippen molar-refractivity contribution in [2.45, 2.75) is 6.92 Å². The summed E-state index contributed by atoms with van der Waals surface area (Å²) in [6.45, 7) is 1.90. The minimum Gasteiger partial charge on any atom is -0.494 e. The van der Waals surface area contributed by atoms with Crippen LogP contribution in [0.25, 0.3) is 5.69 Å². The molecular formula is C18H17N3O3. The van der Waals surface area contributed by atoms with Gasteiger partial charge in [-0.05, 0) is 31.2 Å². The topological polar surface area (TPSA) is 67.6 Å². The predicted molar refractivity (Wildman–Crippen MR) is 91.5 cm³/mol. The second-order valence-corrected chi connectivity index (χ2v) is 5.23. The SMILES string of the molecule is COc1cc(N(C(=O)O)c2ccccc2)ccc1-n1cnc(C)c1. The summed E-state index contributed by atoms with van der Waals surface area (Å²) >= 11 is 0. The first-order valence-electron chi connectivity index (χ1n) is 7.37. The van der Waals surface area contributed by atoms with Gasteiger partial charge in [0.2, 0.25) is 0 Å². The molecule has 0 aliphatic carbocycles. The largest absolute Gasteiger partial charge is 0.494 e. The summed E-state index contributed by atoms with van der Waals surface area (Å²) in [5.41, 5.74) is 2.75. The third kappa shape index (κ3) is 2.94. The van der Waals surface area contributed by atoms with E-state index in [1.54, 1.807) is 49.8 Å². The zero-order chi connectivity index (χ0) is 17.1. The lowest BCUT2D eigenvalue weighted by Gasteiger charge is -2.21. The molecular weight excluding hydrogens is 306 g/mol. The highest BCUT2D eigenvalue weighted by Crippen LogP contribution is 2.32. The summed E-state index contributed by atoms with van der Waals surface area (Å²) in [5, 5.41) is 9.60. The van der Waals surface area contributed by atoms with Gasteiger partial charge >= 0.3 is 6.09 Å². The van der Waals surface area contributed by atoms with E-state index in [1.807, 2.05) is 29.8 Å². The highest BCUT2D eigenvalue weighted by Gasteiger charge is 2.18. The van der Waals surface area contributed by atoms with Crippen LogP contribution in [-0.2, 0) is 0 Å². The number of benzene rings is 2. The fraction of sp³-hybridized carbons (Fsp3) is 0.111. The Labute approximate surface area is 139 Å². The maximum atomic E-state index is 11.7. The highest BCUT2D eigenvalue weighted by molar-refractivity contribution is 5.95. The van der Waals surface area contributed by atoms with Gasteiger partial charge < -0.3 is 14.4 Å². The molecule has 1 heterocycles. The lowest BCUT2D eigenvalue weighted by Crippen LogP contribution is -2.23. The van der Waals surface area contributed by atoms with Crippen LogP contribution in [0.4, 0.5) is 16.2 Å². The van der Waals surface area contributed by atoms with E-state index >= 15 is 0 Å². The van der Waals surface area contributed by atoms with E-state index in [0.29, 0.717) is 17.1 Å². The third-order valence-corrected chi connectivity index (χ3v) is 3.62. The first-order chi connectivity index (χ1) is 11.6. The summed E-state index contributed by atoms with van der Waals surface area (Å²) in [4.78, 5) is 17.1. The molecule has 1 aromatic heterocycles. The molecule has 3 rings (SSSR count). The van der Waals surface area contributed by atoms with Gasteiger partial charge in [-0.15, -0.1) is 0 Å². The average Bonchev–Trinajstić information content (AvgIpc) is 3.02. The number of anilines is 2. The Morgan fingerprint density at radius 3 is 2.50 bits per heavy atom. The van der Waals surface area contributed by atoms with Crippen molar-refractivity contribution in [2.24, 2.45) is 0 Å². The summed E-state index contributed by atoms with van der Waals surface area (Å²) < 4.78 is 7.29. The number of hydrogen-bond donors (Lipinski definition) is 1. The maximum Gasteiger partial charge on any atom is 0.416 e. The van der Waals surface area contributed by atoms with Gasteiger partial charge in [0.05, 0.1) is 36.2 Å². The molecule has 0 atom stereocenters. The number of nitrogens with zero attached hydrogens (tertiary/aromatic N) is 3. The van der Waals surface area contributed by atoms with Crippen LogP contribution >= 0.6 is 0 Å². The molecule has 0 radical (unpaired) electrons. The molecule has 6 nitrogen and oxygen atoms in total. The van der Waals surface area contributed by atoms with E-state index in [-0.39, 0.29) is 0 Å². The predicted octanol–water partition coefficient (Wildman–Crippen LogP) is 4.01. The number of amides is 1. The van der Waals surface area contributed by atoms with Gasteiger partial charge in [-0.2, -0.15) is 0 Å². The number of hydrogen-bond acceptors (Lipinski definition) is 3. The third-order valence-electron chi connectivity index (χ3n) is 3.62. The molecule has 24 heavy (non-hydrogen) atoms. The van der Waals surface area contributed by atoms with E-state index in [1.165, 1.54) is 4.90 Å². The van der Waals surface area contributed by atoms with E-state index in [2.05, 4.69) is 4.98 Å². The summed E-state index contributed by atoms with van der Waals surface area (Å²) in [5.74, 6) is 0.562. The lowest BCUT2D eigenvalue weighted by molar-refractivity contribution is 0.205. The summed E-state index contributed by atoms with van der Waals surface area (Å²) in [7, 11) is 1.56. The molecule has 0 unspecified atom stereocenters. The van der Waals surface area contributed by atoms with Crippen LogP contribution in [0.2, 0.25) is 0 Å².